The van der Waals surface area contributed by atoms with E-state index in [1.165, 1.54) is 18.2 Å². The third kappa shape index (κ3) is 5.36. The number of esters is 1. The Hall–Kier alpha value is -1.77. The van der Waals surface area contributed by atoms with Gasteiger partial charge in [-0.1, -0.05) is 6.07 Å². The Balaban J connectivity index is 2.28. The summed E-state index contributed by atoms with van der Waals surface area (Å²) >= 11 is 3.28. The number of ether oxygens (including phenoxy) is 1. The van der Waals surface area contributed by atoms with E-state index in [2.05, 4.69) is 25.6 Å². The Morgan fingerprint density at radius 1 is 1.27 bits per heavy atom. The molecule has 6 nitrogen and oxygen atoms in total. The van der Waals surface area contributed by atoms with Crippen molar-refractivity contribution < 1.29 is 17.9 Å². The van der Waals surface area contributed by atoms with Crippen molar-refractivity contribution in [2.24, 2.45) is 0 Å². The van der Waals surface area contributed by atoms with Crippen LogP contribution < -0.4 is 4.72 Å². The lowest BCUT2D eigenvalue weighted by Crippen LogP contribution is -2.40. The fourth-order valence-corrected chi connectivity index (χ4v) is 4.05. The number of halogens is 1. The maximum Gasteiger partial charge on any atom is 0.339 e. The summed E-state index contributed by atoms with van der Waals surface area (Å²) in [6, 6.07) is 7.80. The van der Waals surface area contributed by atoms with E-state index in [4.69, 9.17) is 4.74 Å². The number of hydrogen-bond donors (Lipinski definition) is 1. The van der Waals surface area contributed by atoms with Gasteiger partial charge in [0, 0.05) is 28.0 Å². The van der Waals surface area contributed by atoms with Crippen LogP contribution in [-0.2, 0) is 14.8 Å². The Morgan fingerprint density at radius 2 is 1.96 bits per heavy atom. The molecule has 0 aliphatic carbocycles. The predicted octanol–water partition coefficient (Wildman–Crippen LogP) is 3.84. The van der Waals surface area contributed by atoms with Gasteiger partial charge in [0.2, 0.25) is 10.0 Å². The lowest BCUT2D eigenvalue weighted by atomic mass is 10.1. The van der Waals surface area contributed by atoms with Crippen molar-refractivity contribution in [2.45, 2.75) is 44.2 Å². The molecule has 1 N–H and O–H groups in total. The van der Waals surface area contributed by atoms with Crippen molar-refractivity contribution in [2.75, 3.05) is 0 Å². The number of carbonyl (C=O) groups is 1. The van der Waals surface area contributed by atoms with Crippen LogP contribution in [0.2, 0.25) is 0 Å². The first-order valence-corrected chi connectivity index (χ1v) is 10.2. The highest BCUT2D eigenvalue weighted by Crippen LogP contribution is 2.25. The summed E-state index contributed by atoms with van der Waals surface area (Å²) in [6.45, 7) is 6.96. The second-order valence-corrected chi connectivity index (χ2v) is 9.37. The number of benzene rings is 1. The maximum atomic E-state index is 12.5. The van der Waals surface area contributed by atoms with Gasteiger partial charge in [0.1, 0.15) is 6.10 Å². The van der Waals surface area contributed by atoms with Gasteiger partial charge in [-0.2, -0.15) is 0 Å². The minimum absolute atomic E-state index is 0.00314. The van der Waals surface area contributed by atoms with E-state index in [-0.39, 0.29) is 10.5 Å². The average Bonchev–Trinajstić information content (AvgIpc) is 2.53. The van der Waals surface area contributed by atoms with Crippen molar-refractivity contribution in [1.82, 2.24) is 9.71 Å². The number of sulfonamides is 1. The monoisotopic (exact) mass is 440 g/mol. The van der Waals surface area contributed by atoms with Crippen LogP contribution in [0, 0.1) is 0 Å². The van der Waals surface area contributed by atoms with Gasteiger partial charge < -0.3 is 4.74 Å². The number of nitrogens with one attached hydrogen (secondary N) is 1. The molecule has 26 heavy (non-hydrogen) atoms. The topological polar surface area (TPSA) is 85.4 Å². The highest BCUT2D eigenvalue weighted by Gasteiger charge is 2.24. The Kier molecular flexibility index (Phi) is 6.21. The fourth-order valence-electron chi connectivity index (χ4n) is 2.20. The molecule has 0 saturated heterocycles. The second-order valence-electron chi connectivity index (χ2n) is 6.83. The van der Waals surface area contributed by atoms with Gasteiger partial charge in [0.05, 0.1) is 10.5 Å². The number of pyridine rings is 1. The molecule has 0 saturated carbocycles. The summed E-state index contributed by atoms with van der Waals surface area (Å²) in [5.74, 6) is -0.624. The van der Waals surface area contributed by atoms with E-state index in [0.29, 0.717) is 4.47 Å². The lowest BCUT2D eigenvalue weighted by Gasteiger charge is -2.20. The van der Waals surface area contributed by atoms with Gasteiger partial charge in [-0.25, -0.2) is 17.9 Å². The molecule has 8 heteroatoms. The van der Waals surface area contributed by atoms with Crippen molar-refractivity contribution in [3.05, 3.63) is 58.3 Å². The molecule has 140 valence electrons. The quantitative estimate of drug-likeness (QED) is 0.713. The normalized spacial score (nSPS) is 13.3. The molecule has 0 amide bonds. The number of nitrogens with zero attached hydrogens (tertiary/aromatic N) is 1. The maximum absolute atomic E-state index is 12.5. The standard InChI is InChI=1S/C18H21BrN2O4S/c1-12(13-6-5-9-20-11-13)25-17(22)15-10-14(7-8-16(15)19)26(23,24)21-18(2,3)4/h5-12,21H,1-4H3/t12-/m0/s1. The molecule has 2 rings (SSSR count). The van der Waals surface area contributed by atoms with Gasteiger partial charge in [0.15, 0.2) is 0 Å². The number of rotatable bonds is 5. The number of aromatic nitrogens is 1. The zero-order chi connectivity index (χ0) is 19.5. The summed E-state index contributed by atoms with van der Waals surface area (Å²) in [5, 5.41) is 0. The van der Waals surface area contributed by atoms with Crippen LogP contribution in [0.1, 0.15) is 49.7 Å². The van der Waals surface area contributed by atoms with Crippen LogP contribution in [0.5, 0.6) is 0 Å². The molecular weight excluding hydrogens is 420 g/mol. The largest absolute Gasteiger partial charge is 0.454 e. The average molecular weight is 441 g/mol. The predicted molar refractivity (Wildman–Crippen MR) is 102 cm³/mol. The second kappa shape index (κ2) is 7.85. The zero-order valence-electron chi connectivity index (χ0n) is 15.0. The lowest BCUT2D eigenvalue weighted by molar-refractivity contribution is 0.0336. The van der Waals surface area contributed by atoms with Crippen LogP contribution in [0.25, 0.3) is 0 Å². The molecule has 0 spiro atoms. The van der Waals surface area contributed by atoms with E-state index in [9.17, 15) is 13.2 Å². The molecule has 1 atom stereocenters. The molecule has 1 heterocycles. The number of carbonyl (C=O) groups excluding carboxylic acids is 1. The number of hydrogen-bond acceptors (Lipinski definition) is 5. The smallest absolute Gasteiger partial charge is 0.339 e. The summed E-state index contributed by atoms with van der Waals surface area (Å²) in [7, 11) is -3.76. The molecule has 0 bridgehead atoms. The summed E-state index contributed by atoms with van der Waals surface area (Å²) in [6.07, 6.45) is 2.72. The van der Waals surface area contributed by atoms with E-state index < -0.39 is 27.6 Å². The van der Waals surface area contributed by atoms with Gasteiger partial charge in [-0.3, -0.25) is 4.98 Å². The summed E-state index contributed by atoms with van der Waals surface area (Å²) in [5.41, 5.74) is 0.245. The SMILES string of the molecule is C[C@H](OC(=O)c1cc(S(=O)(=O)NC(C)(C)C)ccc1Br)c1cccnc1. The minimum Gasteiger partial charge on any atom is -0.454 e. The van der Waals surface area contributed by atoms with Gasteiger partial charge >= 0.3 is 5.97 Å². The molecule has 0 fully saturated rings. The van der Waals surface area contributed by atoms with E-state index >= 15 is 0 Å². The first-order valence-electron chi connectivity index (χ1n) is 7.94. The molecule has 1 aromatic carbocycles. The van der Waals surface area contributed by atoms with Crippen LogP contribution in [0.3, 0.4) is 0 Å². The highest BCUT2D eigenvalue weighted by atomic mass is 79.9. The van der Waals surface area contributed by atoms with Crippen LogP contribution >= 0.6 is 15.9 Å². The van der Waals surface area contributed by atoms with E-state index in [1.54, 1.807) is 52.2 Å². The Bertz CT molecular complexity index is 893. The minimum atomic E-state index is -3.76. The molecule has 0 unspecified atom stereocenters. The Labute approximate surface area is 162 Å². The third-order valence-electron chi connectivity index (χ3n) is 3.35. The van der Waals surface area contributed by atoms with Crippen molar-refractivity contribution in [1.29, 1.82) is 0 Å². The summed E-state index contributed by atoms with van der Waals surface area (Å²) in [4.78, 5) is 16.5. The summed E-state index contributed by atoms with van der Waals surface area (Å²) < 4.78 is 33.4. The van der Waals surface area contributed by atoms with Crippen molar-refractivity contribution in [3.63, 3.8) is 0 Å². The van der Waals surface area contributed by atoms with Crippen LogP contribution in [0.4, 0.5) is 0 Å². The molecule has 2 aromatic rings. The van der Waals surface area contributed by atoms with Gasteiger partial charge in [-0.15, -0.1) is 0 Å². The molecule has 1 aromatic heterocycles. The Morgan fingerprint density at radius 3 is 2.54 bits per heavy atom. The van der Waals surface area contributed by atoms with Crippen LogP contribution in [-0.4, -0.2) is 24.9 Å². The van der Waals surface area contributed by atoms with Crippen molar-refractivity contribution >= 4 is 31.9 Å². The van der Waals surface area contributed by atoms with Gasteiger partial charge in [-0.05, 0) is 67.9 Å². The fraction of sp³-hybridized carbons (Fsp3) is 0.333. The van der Waals surface area contributed by atoms with Gasteiger partial charge in [0.25, 0.3) is 0 Å². The van der Waals surface area contributed by atoms with E-state index in [0.717, 1.165) is 5.56 Å². The third-order valence-corrected chi connectivity index (χ3v) is 5.79. The highest BCUT2D eigenvalue weighted by molar-refractivity contribution is 9.10. The van der Waals surface area contributed by atoms with E-state index in [1.807, 2.05) is 0 Å². The molecular formula is C18H21BrN2O4S. The molecule has 0 aliphatic rings. The van der Waals surface area contributed by atoms with Crippen LogP contribution in [0.15, 0.2) is 52.1 Å². The zero-order valence-corrected chi connectivity index (χ0v) is 17.4. The molecule has 0 radical (unpaired) electrons. The van der Waals surface area contributed by atoms with Crippen molar-refractivity contribution in [3.8, 4) is 0 Å². The first kappa shape index (κ1) is 20.5. The molecule has 0 aliphatic heterocycles. The first-order chi connectivity index (χ1) is 12.0.